The van der Waals surface area contributed by atoms with Crippen LogP contribution in [0.3, 0.4) is 0 Å². The first kappa shape index (κ1) is 15.6. The minimum absolute atomic E-state index is 0.164. The molecule has 2 aromatic carbocycles. The standard InChI is InChI=1S/C13H7Br2FN2O3/c14-8-5-4-7(6-11(8)18(20)21)17-13(19)12-9(15)2-1-3-10(12)16/h1-6H,(H,17,19). The van der Waals surface area contributed by atoms with Crippen LogP contribution in [-0.4, -0.2) is 10.8 Å². The number of nitro benzene ring substituents is 1. The van der Waals surface area contributed by atoms with Gasteiger partial charge in [-0.25, -0.2) is 4.39 Å². The highest BCUT2D eigenvalue weighted by Crippen LogP contribution is 2.28. The number of halogens is 3. The van der Waals surface area contributed by atoms with Crippen molar-refractivity contribution in [2.24, 2.45) is 0 Å². The predicted molar refractivity (Wildman–Crippen MR) is 82.8 cm³/mol. The first-order chi connectivity index (χ1) is 9.90. The highest BCUT2D eigenvalue weighted by Gasteiger charge is 2.18. The zero-order valence-corrected chi connectivity index (χ0v) is 13.4. The smallest absolute Gasteiger partial charge is 0.285 e. The van der Waals surface area contributed by atoms with Gasteiger partial charge in [0.1, 0.15) is 5.82 Å². The number of amides is 1. The molecule has 2 rings (SSSR count). The normalized spacial score (nSPS) is 10.2. The van der Waals surface area contributed by atoms with Crippen LogP contribution in [0.1, 0.15) is 10.4 Å². The Morgan fingerprint density at radius 2 is 1.90 bits per heavy atom. The third-order valence-electron chi connectivity index (χ3n) is 2.59. The zero-order chi connectivity index (χ0) is 15.6. The SMILES string of the molecule is O=C(Nc1ccc(Br)c([N+](=O)[O-])c1)c1c(F)cccc1Br. The van der Waals surface area contributed by atoms with Crippen molar-refractivity contribution in [3.05, 3.63) is 66.8 Å². The summed E-state index contributed by atoms with van der Waals surface area (Å²) in [5, 5.41) is 13.3. The fourth-order valence-electron chi connectivity index (χ4n) is 1.64. The van der Waals surface area contributed by atoms with Gasteiger partial charge in [-0.1, -0.05) is 6.07 Å². The van der Waals surface area contributed by atoms with Crippen molar-refractivity contribution < 1.29 is 14.1 Å². The van der Waals surface area contributed by atoms with E-state index in [2.05, 4.69) is 37.2 Å². The van der Waals surface area contributed by atoms with Gasteiger partial charge in [-0.3, -0.25) is 14.9 Å². The van der Waals surface area contributed by atoms with E-state index in [1.807, 2.05) is 0 Å². The van der Waals surface area contributed by atoms with Gasteiger partial charge < -0.3 is 5.32 Å². The van der Waals surface area contributed by atoms with E-state index >= 15 is 0 Å². The third kappa shape index (κ3) is 3.45. The van der Waals surface area contributed by atoms with E-state index in [9.17, 15) is 19.3 Å². The largest absolute Gasteiger partial charge is 0.322 e. The van der Waals surface area contributed by atoms with Gasteiger partial charge in [-0.15, -0.1) is 0 Å². The van der Waals surface area contributed by atoms with Crippen LogP contribution < -0.4 is 5.32 Å². The lowest BCUT2D eigenvalue weighted by atomic mass is 10.2. The molecule has 0 fully saturated rings. The van der Waals surface area contributed by atoms with Gasteiger partial charge in [0.25, 0.3) is 11.6 Å². The molecule has 0 spiro atoms. The number of rotatable bonds is 3. The maximum absolute atomic E-state index is 13.7. The second kappa shape index (κ2) is 6.31. The second-order valence-corrected chi connectivity index (χ2v) is 5.68. The zero-order valence-electron chi connectivity index (χ0n) is 10.3. The van der Waals surface area contributed by atoms with Crippen molar-refractivity contribution >= 4 is 49.1 Å². The monoisotopic (exact) mass is 416 g/mol. The molecular weight excluding hydrogens is 411 g/mol. The van der Waals surface area contributed by atoms with Gasteiger partial charge in [-0.05, 0) is 56.1 Å². The van der Waals surface area contributed by atoms with Crippen LogP contribution in [-0.2, 0) is 0 Å². The van der Waals surface area contributed by atoms with Crippen LogP contribution in [0.5, 0.6) is 0 Å². The summed E-state index contributed by atoms with van der Waals surface area (Å²) in [6, 6.07) is 8.25. The van der Waals surface area contributed by atoms with Crippen LogP contribution in [0.2, 0.25) is 0 Å². The minimum Gasteiger partial charge on any atom is -0.322 e. The molecule has 0 saturated heterocycles. The van der Waals surface area contributed by atoms with E-state index in [0.29, 0.717) is 4.47 Å². The molecule has 108 valence electrons. The van der Waals surface area contributed by atoms with Crippen molar-refractivity contribution in [1.29, 1.82) is 0 Å². The predicted octanol–water partition coefficient (Wildman–Crippen LogP) is 4.51. The number of benzene rings is 2. The molecule has 0 bridgehead atoms. The van der Waals surface area contributed by atoms with Gasteiger partial charge in [0.15, 0.2) is 0 Å². The first-order valence-electron chi connectivity index (χ1n) is 5.59. The average molecular weight is 418 g/mol. The van der Waals surface area contributed by atoms with Crippen molar-refractivity contribution in [2.75, 3.05) is 5.32 Å². The number of hydrogen-bond acceptors (Lipinski definition) is 3. The Kier molecular flexibility index (Phi) is 4.69. The summed E-state index contributed by atoms with van der Waals surface area (Å²) >= 11 is 6.14. The Balaban J connectivity index is 2.32. The number of hydrogen-bond donors (Lipinski definition) is 1. The highest BCUT2D eigenvalue weighted by molar-refractivity contribution is 9.10. The molecule has 0 aliphatic heterocycles. The Morgan fingerprint density at radius 3 is 2.52 bits per heavy atom. The lowest BCUT2D eigenvalue weighted by molar-refractivity contribution is -0.385. The lowest BCUT2D eigenvalue weighted by Gasteiger charge is -2.08. The number of nitrogens with zero attached hydrogens (tertiary/aromatic N) is 1. The molecule has 1 amide bonds. The van der Waals surface area contributed by atoms with E-state index in [-0.39, 0.29) is 21.4 Å². The Morgan fingerprint density at radius 1 is 1.19 bits per heavy atom. The molecular formula is C13H7Br2FN2O3. The molecule has 0 atom stereocenters. The van der Waals surface area contributed by atoms with Gasteiger partial charge in [-0.2, -0.15) is 0 Å². The van der Waals surface area contributed by atoms with Crippen LogP contribution in [0.25, 0.3) is 0 Å². The number of carbonyl (C=O) groups excluding carboxylic acids is 1. The van der Waals surface area contributed by atoms with Crippen LogP contribution >= 0.6 is 31.9 Å². The maximum atomic E-state index is 13.7. The van der Waals surface area contributed by atoms with Gasteiger partial charge in [0, 0.05) is 16.2 Å². The van der Waals surface area contributed by atoms with Gasteiger partial charge in [0.05, 0.1) is 15.0 Å². The highest BCUT2D eigenvalue weighted by atomic mass is 79.9. The summed E-state index contributed by atoms with van der Waals surface area (Å²) in [6.07, 6.45) is 0. The molecule has 1 N–H and O–H groups in total. The Bertz CT molecular complexity index is 717. The third-order valence-corrected chi connectivity index (χ3v) is 3.92. The number of anilines is 1. The molecule has 0 heterocycles. The van der Waals surface area contributed by atoms with E-state index in [4.69, 9.17) is 0 Å². The summed E-state index contributed by atoms with van der Waals surface area (Å²) in [5.41, 5.74) is -0.159. The Labute approximate surface area is 135 Å². The van der Waals surface area contributed by atoms with Crippen molar-refractivity contribution in [3.63, 3.8) is 0 Å². The average Bonchev–Trinajstić information content (AvgIpc) is 2.40. The maximum Gasteiger partial charge on any atom is 0.285 e. The van der Waals surface area contributed by atoms with Crippen molar-refractivity contribution in [3.8, 4) is 0 Å². The molecule has 2 aromatic rings. The number of carbonyl (C=O) groups is 1. The quantitative estimate of drug-likeness (QED) is 0.589. The summed E-state index contributed by atoms with van der Waals surface area (Å²) in [6.45, 7) is 0. The summed E-state index contributed by atoms with van der Waals surface area (Å²) in [5.74, 6) is -1.38. The van der Waals surface area contributed by atoms with Gasteiger partial charge in [0.2, 0.25) is 0 Å². The Hall–Kier alpha value is -1.80. The van der Waals surface area contributed by atoms with E-state index in [1.165, 1.54) is 30.3 Å². The summed E-state index contributed by atoms with van der Waals surface area (Å²) in [7, 11) is 0. The summed E-state index contributed by atoms with van der Waals surface area (Å²) in [4.78, 5) is 22.3. The van der Waals surface area contributed by atoms with Crippen molar-refractivity contribution in [1.82, 2.24) is 0 Å². The molecule has 0 aliphatic rings. The van der Waals surface area contributed by atoms with E-state index in [1.54, 1.807) is 0 Å². The molecule has 0 radical (unpaired) electrons. The molecule has 0 saturated carbocycles. The van der Waals surface area contributed by atoms with E-state index < -0.39 is 16.6 Å². The molecule has 0 aromatic heterocycles. The topological polar surface area (TPSA) is 72.2 Å². The number of nitrogens with one attached hydrogen (secondary N) is 1. The fourth-order valence-corrected chi connectivity index (χ4v) is 2.55. The van der Waals surface area contributed by atoms with Gasteiger partial charge >= 0.3 is 0 Å². The minimum atomic E-state index is -0.698. The molecule has 8 heteroatoms. The van der Waals surface area contributed by atoms with Crippen LogP contribution in [0.15, 0.2) is 45.3 Å². The second-order valence-electron chi connectivity index (χ2n) is 3.97. The molecule has 5 nitrogen and oxygen atoms in total. The van der Waals surface area contributed by atoms with Crippen LogP contribution in [0, 0.1) is 15.9 Å². The van der Waals surface area contributed by atoms with E-state index in [0.717, 1.165) is 6.07 Å². The fraction of sp³-hybridized carbons (Fsp3) is 0. The van der Waals surface area contributed by atoms with Crippen molar-refractivity contribution in [2.45, 2.75) is 0 Å². The number of nitro groups is 1. The lowest BCUT2D eigenvalue weighted by Crippen LogP contribution is -2.14. The van der Waals surface area contributed by atoms with Crippen LogP contribution in [0.4, 0.5) is 15.8 Å². The summed E-state index contributed by atoms with van der Waals surface area (Å²) < 4.78 is 14.3. The molecule has 0 unspecified atom stereocenters. The first-order valence-corrected chi connectivity index (χ1v) is 7.18. The molecule has 21 heavy (non-hydrogen) atoms. The molecule has 0 aliphatic carbocycles.